The number of thiophene rings is 1. The molecule has 0 radical (unpaired) electrons. The van der Waals surface area contributed by atoms with Gasteiger partial charge >= 0.3 is 0 Å². The van der Waals surface area contributed by atoms with E-state index in [1.165, 1.54) is 0 Å². The zero-order chi connectivity index (χ0) is 13.4. The first-order valence-corrected chi connectivity index (χ1v) is 8.10. The van der Waals surface area contributed by atoms with E-state index in [9.17, 15) is 4.79 Å². The van der Waals surface area contributed by atoms with Crippen molar-refractivity contribution in [3.8, 4) is 0 Å². The van der Waals surface area contributed by atoms with Crippen molar-refractivity contribution in [1.29, 1.82) is 0 Å². The fourth-order valence-electron chi connectivity index (χ4n) is 1.99. The Balaban J connectivity index is 2.18. The van der Waals surface area contributed by atoms with E-state index in [1.807, 2.05) is 47.8 Å². The second-order valence-electron chi connectivity index (χ2n) is 4.07. The van der Waals surface area contributed by atoms with E-state index in [0.29, 0.717) is 5.56 Å². The normalized spacial score (nSPS) is 10.8. The van der Waals surface area contributed by atoms with Crippen molar-refractivity contribution in [2.45, 2.75) is 0 Å². The summed E-state index contributed by atoms with van der Waals surface area (Å²) < 4.78 is 2.97. The fraction of sp³-hybridized carbons (Fsp3) is 0. The van der Waals surface area contributed by atoms with Gasteiger partial charge in [-0.1, -0.05) is 40.2 Å². The van der Waals surface area contributed by atoms with Crippen molar-refractivity contribution in [1.82, 2.24) is 0 Å². The zero-order valence-corrected chi connectivity index (χ0v) is 13.7. The van der Waals surface area contributed by atoms with Crippen molar-refractivity contribution in [2.24, 2.45) is 0 Å². The molecule has 2 aromatic carbocycles. The van der Waals surface area contributed by atoms with E-state index in [4.69, 9.17) is 0 Å². The zero-order valence-electron chi connectivity index (χ0n) is 9.69. The first-order chi connectivity index (χ1) is 9.18. The Morgan fingerprint density at radius 2 is 1.63 bits per heavy atom. The quantitative estimate of drug-likeness (QED) is 0.512. The van der Waals surface area contributed by atoms with Gasteiger partial charge in [0.2, 0.25) is 0 Å². The SMILES string of the molecule is O=C(c1ccccc1Br)c1csc2c(Br)cccc12. The minimum atomic E-state index is 0.0526. The van der Waals surface area contributed by atoms with Gasteiger partial charge in [0.05, 0.1) is 0 Å². The number of benzene rings is 2. The number of hydrogen-bond acceptors (Lipinski definition) is 2. The van der Waals surface area contributed by atoms with Crippen LogP contribution in [0.1, 0.15) is 15.9 Å². The van der Waals surface area contributed by atoms with Gasteiger partial charge in [-0.05, 0) is 34.1 Å². The van der Waals surface area contributed by atoms with Crippen LogP contribution in [-0.4, -0.2) is 5.78 Å². The topological polar surface area (TPSA) is 17.1 Å². The molecule has 0 spiro atoms. The molecule has 0 N–H and O–H groups in total. The minimum Gasteiger partial charge on any atom is -0.289 e. The Hall–Kier alpha value is -0.970. The Labute approximate surface area is 131 Å². The maximum Gasteiger partial charge on any atom is 0.195 e. The number of hydrogen-bond donors (Lipinski definition) is 0. The Kier molecular flexibility index (Phi) is 3.56. The van der Waals surface area contributed by atoms with Crippen LogP contribution in [0.15, 0.2) is 56.8 Å². The van der Waals surface area contributed by atoms with Crippen molar-refractivity contribution in [3.05, 3.63) is 67.9 Å². The summed E-state index contributed by atoms with van der Waals surface area (Å²) in [4.78, 5) is 12.6. The summed E-state index contributed by atoms with van der Waals surface area (Å²) in [6.07, 6.45) is 0. The van der Waals surface area contributed by atoms with Crippen LogP contribution in [0, 0.1) is 0 Å². The lowest BCUT2D eigenvalue weighted by molar-refractivity contribution is 0.104. The molecule has 19 heavy (non-hydrogen) atoms. The van der Waals surface area contributed by atoms with E-state index in [1.54, 1.807) is 11.3 Å². The van der Waals surface area contributed by atoms with Gasteiger partial charge in [0.15, 0.2) is 5.78 Å². The fourth-order valence-corrected chi connectivity index (χ4v) is 4.06. The van der Waals surface area contributed by atoms with E-state index < -0.39 is 0 Å². The molecule has 0 atom stereocenters. The first-order valence-electron chi connectivity index (χ1n) is 5.63. The number of rotatable bonds is 2. The molecule has 0 aliphatic rings. The summed E-state index contributed by atoms with van der Waals surface area (Å²) in [5, 5.41) is 2.93. The van der Waals surface area contributed by atoms with Gasteiger partial charge < -0.3 is 0 Å². The smallest absolute Gasteiger partial charge is 0.195 e. The van der Waals surface area contributed by atoms with Crippen LogP contribution < -0.4 is 0 Å². The maximum absolute atomic E-state index is 12.6. The van der Waals surface area contributed by atoms with Crippen LogP contribution in [0.2, 0.25) is 0 Å². The Bertz CT molecular complexity index is 777. The Morgan fingerprint density at radius 3 is 2.42 bits per heavy atom. The average Bonchev–Trinajstić information content (AvgIpc) is 2.84. The van der Waals surface area contributed by atoms with Gasteiger partial charge in [0, 0.05) is 35.5 Å². The molecule has 0 amide bonds. The number of carbonyl (C=O) groups excluding carboxylic acids is 1. The molecule has 0 bridgehead atoms. The molecule has 0 saturated carbocycles. The molecule has 1 heterocycles. The molecule has 3 aromatic rings. The van der Waals surface area contributed by atoms with Gasteiger partial charge in [-0.2, -0.15) is 0 Å². The van der Waals surface area contributed by atoms with Crippen molar-refractivity contribution < 1.29 is 4.79 Å². The maximum atomic E-state index is 12.6. The second kappa shape index (κ2) is 5.19. The molecule has 1 nitrogen and oxygen atoms in total. The molecule has 0 aliphatic carbocycles. The van der Waals surface area contributed by atoms with E-state index >= 15 is 0 Å². The van der Waals surface area contributed by atoms with Gasteiger partial charge in [-0.15, -0.1) is 11.3 Å². The summed E-state index contributed by atoms with van der Waals surface area (Å²) in [6, 6.07) is 13.4. The van der Waals surface area contributed by atoms with Crippen LogP contribution in [-0.2, 0) is 0 Å². The van der Waals surface area contributed by atoms with Crippen molar-refractivity contribution >= 4 is 59.1 Å². The monoisotopic (exact) mass is 394 g/mol. The lowest BCUT2D eigenvalue weighted by Crippen LogP contribution is -2.01. The lowest BCUT2D eigenvalue weighted by Gasteiger charge is -2.02. The number of carbonyl (C=O) groups is 1. The predicted octanol–water partition coefficient (Wildman–Crippen LogP) is 5.66. The Morgan fingerprint density at radius 1 is 0.895 bits per heavy atom. The summed E-state index contributed by atoms with van der Waals surface area (Å²) in [5.74, 6) is 0.0526. The van der Waals surface area contributed by atoms with Crippen molar-refractivity contribution in [2.75, 3.05) is 0 Å². The summed E-state index contributed by atoms with van der Waals surface area (Å²) in [6.45, 7) is 0. The van der Waals surface area contributed by atoms with Crippen molar-refractivity contribution in [3.63, 3.8) is 0 Å². The molecule has 0 unspecified atom stereocenters. The standard InChI is InChI=1S/C15H8Br2OS/c16-12-6-2-1-4-10(12)14(18)11-8-19-15-9(11)5-3-7-13(15)17/h1-8H. The molecule has 3 rings (SSSR count). The average molecular weight is 396 g/mol. The van der Waals surface area contributed by atoms with Gasteiger partial charge in [-0.3, -0.25) is 4.79 Å². The minimum absolute atomic E-state index is 0.0526. The number of fused-ring (bicyclic) bond motifs is 1. The van der Waals surface area contributed by atoms with E-state index in [2.05, 4.69) is 31.9 Å². The summed E-state index contributed by atoms with van der Waals surface area (Å²) in [5.41, 5.74) is 1.45. The molecular weight excluding hydrogens is 388 g/mol. The highest BCUT2D eigenvalue weighted by atomic mass is 79.9. The van der Waals surface area contributed by atoms with E-state index in [-0.39, 0.29) is 5.78 Å². The van der Waals surface area contributed by atoms with Crippen LogP contribution in [0.5, 0.6) is 0 Å². The van der Waals surface area contributed by atoms with Gasteiger partial charge in [0.1, 0.15) is 0 Å². The number of ketones is 1. The molecule has 4 heteroatoms. The largest absolute Gasteiger partial charge is 0.289 e. The first kappa shape index (κ1) is 13.0. The van der Waals surface area contributed by atoms with Crippen LogP contribution in [0.3, 0.4) is 0 Å². The molecule has 1 aromatic heterocycles. The third-order valence-corrected chi connectivity index (χ3v) is 5.56. The van der Waals surface area contributed by atoms with Crippen LogP contribution >= 0.6 is 43.2 Å². The van der Waals surface area contributed by atoms with Crippen LogP contribution in [0.4, 0.5) is 0 Å². The summed E-state index contributed by atoms with van der Waals surface area (Å²) in [7, 11) is 0. The highest BCUT2D eigenvalue weighted by molar-refractivity contribution is 9.11. The van der Waals surface area contributed by atoms with E-state index in [0.717, 1.165) is 24.6 Å². The van der Waals surface area contributed by atoms with Crippen LogP contribution in [0.25, 0.3) is 10.1 Å². The molecule has 0 fully saturated rings. The highest BCUT2D eigenvalue weighted by Crippen LogP contribution is 2.34. The number of halogens is 2. The molecular formula is C15H8Br2OS. The highest BCUT2D eigenvalue weighted by Gasteiger charge is 2.17. The van der Waals surface area contributed by atoms with Gasteiger partial charge in [0.25, 0.3) is 0 Å². The predicted molar refractivity (Wildman–Crippen MR) is 87.1 cm³/mol. The third-order valence-electron chi connectivity index (χ3n) is 2.91. The molecule has 0 saturated heterocycles. The lowest BCUT2D eigenvalue weighted by atomic mass is 10.0. The molecule has 0 aliphatic heterocycles. The third kappa shape index (κ3) is 2.29. The molecule has 94 valence electrons. The second-order valence-corrected chi connectivity index (χ2v) is 6.66. The summed E-state index contributed by atoms with van der Waals surface area (Å²) >= 11 is 8.54. The van der Waals surface area contributed by atoms with Gasteiger partial charge in [-0.25, -0.2) is 0 Å².